The first kappa shape index (κ1) is 13.4. The van der Waals surface area contributed by atoms with Crippen LogP contribution in [-0.4, -0.2) is 36.5 Å². The van der Waals surface area contributed by atoms with E-state index in [1.807, 2.05) is 0 Å². The summed E-state index contributed by atoms with van der Waals surface area (Å²) in [5.41, 5.74) is 0. The number of carbonyl (C=O) groups is 1. The molecule has 0 unspecified atom stereocenters. The number of hydrogen-bond donors (Lipinski definition) is 1. The third-order valence-corrected chi connectivity index (χ3v) is 2.46. The summed E-state index contributed by atoms with van der Waals surface area (Å²) in [7, 11) is 0. The summed E-state index contributed by atoms with van der Waals surface area (Å²) in [6.45, 7) is 11.4. The summed E-state index contributed by atoms with van der Waals surface area (Å²) in [5.74, 6) is 0.0698. The van der Waals surface area contributed by atoms with E-state index in [1.165, 1.54) is 0 Å². The molecule has 1 N–H and O–H groups in total. The van der Waals surface area contributed by atoms with Crippen LogP contribution in [0.15, 0.2) is 0 Å². The van der Waals surface area contributed by atoms with Crippen molar-refractivity contribution in [2.45, 2.75) is 46.6 Å². The van der Waals surface area contributed by atoms with Crippen molar-refractivity contribution >= 4 is 5.91 Å². The molecule has 0 aromatic heterocycles. The van der Waals surface area contributed by atoms with Gasteiger partial charge in [-0.25, -0.2) is 0 Å². The van der Waals surface area contributed by atoms with Gasteiger partial charge in [0, 0.05) is 13.0 Å². The number of hydrogen-bond acceptors (Lipinski definition) is 2. The van der Waals surface area contributed by atoms with Gasteiger partial charge in [-0.1, -0.05) is 13.8 Å². The Morgan fingerprint density at radius 2 is 1.93 bits per heavy atom. The average Bonchev–Trinajstić information content (AvgIpc) is 2.11. The van der Waals surface area contributed by atoms with E-state index in [9.17, 15) is 4.79 Å². The zero-order chi connectivity index (χ0) is 11.0. The van der Waals surface area contributed by atoms with Crippen molar-refractivity contribution in [3.05, 3.63) is 0 Å². The molecule has 0 heterocycles. The van der Waals surface area contributed by atoms with Crippen LogP contribution in [0.2, 0.25) is 0 Å². The second-order valence-corrected chi connectivity index (χ2v) is 3.77. The van der Waals surface area contributed by atoms with Crippen molar-refractivity contribution in [2.75, 3.05) is 19.6 Å². The minimum Gasteiger partial charge on any atom is -0.354 e. The molecular formula is C11H24N2O. The second-order valence-electron chi connectivity index (χ2n) is 3.77. The Morgan fingerprint density at radius 1 is 1.36 bits per heavy atom. The maximum Gasteiger partial charge on any atom is 0.217 e. The van der Waals surface area contributed by atoms with Crippen LogP contribution in [0.25, 0.3) is 0 Å². The van der Waals surface area contributed by atoms with E-state index in [1.54, 1.807) is 6.92 Å². The van der Waals surface area contributed by atoms with E-state index < -0.39 is 0 Å². The van der Waals surface area contributed by atoms with Crippen molar-refractivity contribution in [3.8, 4) is 0 Å². The van der Waals surface area contributed by atoms with Gasteiger partial charge >= 0.3 is 0 Å². The minimum absolute atomic E-state index is 0.0698. The van der Waals surface area contributed by atoms with Crippen molar-refractivity contribution in [1.82, 2.24) is 10.2 Å². The SMILES string of the molecule is CCN(CC)CCC[C@@H](C)NC(C)=O. The highest BCUT2D eigenvalue weighted by atomic mass is 16.1. The molecule has 3 heteroatoms. The Hall–Kier alpha value is -0.570. The molecule has 0 radical (unpaired) electrons. The van der Waals surface area contributed by atoms with Gasteiger partial charge in [-0.15, -0.1) is 0 Å². The maximum absolute atomic E-state index is 10.7. The van der Waals surface area contributed by atoms with Crippen LogP contribution < -0.4 is 5.32 Å². The van der Waals surface area contributed by atoms with Gasteiger partial charge in [-0.3, -0.25) is 4.79 Å². The molecule has 0 aromatic rings. The van der Waals surface area contributed by atoms with Crippen LogP contribution in [0, 0.1) is 0 Å². The normalized spacial score (nSPS) is 12.9. The van der Waals surface area contributed by atoms with Crippen molar-refractivity contribution in [1.29, 1.82) is 0 Å². The van der Waals surface area contributed by atoms with Gasteiger partial charge in [0.25, 0.3) is 0 Å². The molecule has 0 aliphatic rings. The first-order valence-corrected chi connectivity index (χ1v) is 5.59. The van der Waals surface area contributed by atoms with Crippen LogP contribution in [-0.2, 0) is 4.79 Å². The third kappa shape index (κ3) is 6.89. The van der Waals surface area contributed by atoms with E-state index in [2.05, 4.69) is 31.0 Å². The van der Waals surface area contributed by atoms with Crippen molar-refractivity contribution in [3.63, 3.8) is 0 Å². The molecule has 0 aromatic carbocycles. The first-order valence-electron chi connectivity index (χ1n) is 5.59. The Balaban J connectivity index is 3.47. The fraction of sp³-hybridized carbons (Fsp3) is 0.909. The lowest BCUT2D eigenvalue weighted by Crippen LogP contribution is -2.31. The number of nitrogens with zero attached hydrogens (tertiary/aromatic N) is 1. The molecule has 1 atom stereocenters. The molecule has 3 nitrogen and oxygen atoms in total. The fourth-order valence-corrected chi connectivity index (χ4v) is 1.58. The Bertz CT molecular complexity index is 155. The van der Waals surface area contributed by atoms with E-state index >= 15 is 0 Å². The average molecular weight is 200 g/mol. The van der Waals surface area contributed by atoms with Crippen molar-refractivity contribution in [2.24, 2.45) is 0 Å². The molecule has 0 rings (SSSR count). The Morgan fingerprint density at radius 3 is 2.36 bits per heavy atom. The predicted molar refractivity (Wildman–Crippen MR) is 60.3 cm³/mol. The van der Waals surface area contributed by atoms with E-state index in [0.29, 0.717) is 6.04 Å². The molecule has 0 fully saturated rings. The van der Waals surface area contributed by atoms with Crippen molar-refractivity contribution < 1.29 is 4.79 Å². The summed E-state index contributed by atoms with van der Waals surface area (Å²) in [6.07, 6.45) is 2.22. The van der Waals surface area contributed by atoms with Crippen LogP contribution in [0.5, 0.6) is 0 Å². The summed E-state index contributed by atoms with van der Waals surface area (Å²) >= 11 is 0. The number of amides is 1. The predicted octanol–water partition coefficient (Wildman–Crippen LogP) is 1.63. The standard InChI is InChI=1S/C11H24N2O/c1-5-13(6-2)9-7-8-10(3)12-11(4)14/h10H,5-9H2,1-4H3,(H,12,14)/t10-/m1/s1. The number of rotatable bonds is 7. The minimum atomic E-state index is 0.0698. The van der Waals surface area contributed by atoms with Crippen LogP contribution in [0.1, 0.15) is 40.5 Å². The topological polar surface area (TPSA) is 32.3 Å². The van der Waals surface area contributed by atoms with E-state index in [-0.39, 0.29) is 5.91 Å². The highest BCUT2D eigenvalue weighted by Crippen LogP contribution is 1.99. The number of nitrogens with one attached hydrogen (secondary N) is 1. The maximum atomic E-state index is 10.7. The molecule has 1 amide bonds. The second kappa shape index (κ2) is 7.80. The zero-order valence-corrected chi connectivity index (χ0v) is 9.97. The van der Waals surface area contributed by atoms with Crippen LogP contribution in [0.3, 0.4) is 0 Å². The van der Waals surface area contributed by atoms with Gasteiger partial charge in [0.2, 0.25) is 5.91 Å². The largest absolute Gasteiger partial charge is 0.354 e. The summed E-state index contributed by atoms with van der Waals surface area (Å²) in [6, 6.07) is 0.308. The lowest BCUT2D eigenvalue weighted by atomic mass is 10.2. The zero-order valence-electron chi connectivity index (χ0n) is 9.97. The van der Waals surface area contributed by atoms with E-state index in [0.717, 1.165) is 32.5 Å². The van der Waals surface area contributed by atoms with E-state index in [4.69, 9.17) is 0 Å². The van der Waals surface area contributed by atoms with Gasteiger partial charge in [-0.2, -0.15) is 0 Å². The summed E-state index contributed by atoms with van der Waals surface area (Å²) in [4.78, 5) is 13.1. The Labute approximate surface area is 87.9 Å². The Kier molecular flexibility index (Phi) is 7.48. The molecule has 0 aliphatic carbocycles. The van der Waals surface area contributed by atoms with Gasteiger partial charge < -0.3 is 10.2 Å². The molecule has 0 aliphatic heterocycles. The lowest BCUT2D eigenvalue weighted by Gasteiger charge is -2.19. The van der Waals surface area contributed by atoms with Gasteiger partial charge in [-0.05, 0) is 39.4 Å². The third-order valence-electron chi connectivity index (χ3n) is 2.46. The monoisotopic (exact) mass is 200 g/mol. The quantitative estimate of drug-likeness (QED) is 0.677. The van der Waals surface area contributed by atoms with Gasteiger partial charge in [0.1, 0.15) is 0 Å². The summed E-state index contributed by atoms with van der Waals surface area (Å²) in [5, 5.41) is 2.90. The highest BCUT2D eigenvalue weighted by molar-refractivity contribution is 5.73. The summed E-state index contributed by atoms with van der Waals surface area (Å²) < 4.78 is 0. The molecular weight excluding hydrogens is 176 g/mol. The van der Waals surface area contributed by atoms with Gasteiger partial charge in [0.05, 0.1) is 0 Å². The highest BCUT2D eigenvalue weighted by Gasteiger charge is 2.04. The number of carbonyl (C=O) groups excluding carboxylic acids is 1. The van der Waals surface area contributed by atoms with Crippen LogP contribution >= 0.6 is 0 Å². The van der Waals surface area contributed by atoms with Crippen LogP contribution in [0.4, 0.5) is 0 Å². The molecule has 0 spiro atoms. The van der Waals surface area contributed by atoms with Gasteiger partial charge in [0.15, 0.2) is 0 Å². The lowest BCUT2D eigenvalue weighted by molar-refractivity contribution is -0.119. The smallest absolute Gasteiger partial charge is 0.217 e. The molecule has 0 saturated heterocycles. The molecule has 0 bridgehead atoms. The molecule has 0 saturated carbocycles. The molecule has 14 heavy (non-hydrogen) atoms. The molecule has 84 valence electrons. The first-order chi connectivity index (χ1) is 6.60. The fourth-order valence-electron chi connectivity index (χ4n) is 1.58.